The van der Waals surface area contributed by atoms with E-state index in [4.69, 9.17) is 11.5 Å². The van der Waals surface area contributed by atoms with E-state index in [0.717, 1.165) is 6.26 Å². The van der Waals surface area contributed by atoms with Gasteiger partial charge in [-0.1, -0.05) is 0 Å². The lowest BCUT2D eigenvalue weighted by molar-refractivity contribution is 0.602. The molecule has 0 atom stereocenters. The summed E-state index contributed by atoms with van der Waals surface area (Å²) in [5.41, 5.74) is 11.6. The summed E-state index contributed by atoms with van der Waals surface area (Å²) in [7, 11) is -3.21. The van der Waals surface area contributed by atoms with Gasteiger partial charge in [0.1, 0.15) is 0 Å². The highest BCUT2D eigenvalue weighted by atomic mass is 32.2. The number of benzene rings is 1. The Balaban J connectivity index is 2.46. The van der Waals surface area contributed by atoms with E-state index in [2.05, 4.69) is 10.1 Å². The molecular formula is C9H11N5O2S. The molecule has 0 amide bonds. The summed E-state index contributed by atoms with van der Waals surface area (Å²) in [6, 6.07) is 6.12. The van der Waals surface area contributed by atoms with Crippen LogP contribution in [0.25, 0.3) is 5.69 Å². The van der Waals surface area contributed by atoms with Gasteiger partial charge in [0.05, 0.1) is 10.6 Å². The maximum Gasteiger partial charge on any atom is 0.241 e. The van der Waals surface area contributed by atoms with Crippen molar-refractivity contribution in [1.82, 2.24) is 14.8 Å². The summed E-state index contributed by atoms with van der Waals surface area (Å²) in [5, 5.41) is 3.88. The third kappa shape index (κ3) is 2.21. The zero-order chi connectivity index (χ0) is 12.6. The van der Waals surface area contributed by atoms with Crippen molar-refractivity contribution in [2.24, 2.45) is 0 Å². The van der Waals surface area contributed by atoms with Gasteiger partial charge >= 0.3 is 0 Å². The van der Waals surface area contributed by atoms with Crippen LogP contribution in [0.15, 0.2) is 29.2 Å². The van der Waals surface area contributed by atoms with Crippen molar-refractivity contribution in [3.63, 3.8) is 0 Å². The number of hydrogen-bond acceptors (Lipinski definition) is 6. The summed E-state index contributed by atoms with van der Waals surface area (Å²) >= 11 is 0. The molecule has 0 bridgehead atoms. The van der Waals surface area contributed by atoms with Crippen LogP contribution in [0.1, 0.15) is 0 Å². The van der Waals surface area contributed by atoms with E-state index in [9.17, 15) is 8.42 Å². The maximum atomic E-state index is 11.3. The highest BCUT2D eigenvalue weighted by Crippen LogP contribution is 2.15. The number of sulfone groups is 1. The van der Waals surface area contributed by atoms with Crippen LogP contribution in [0.2, 0.25) is 0 Å². The van der Waals surface area contributed by atoms with Crippen LogP contribution in [-0.4, -0.2) is 29.4 Å². The van der Waals surface area contributed by atoms with Crippen LogP contribution in [0, 0.1) is 0 Å². The van der Waals surface area contributed by atoms with E-state index in [1.54, 1.807) is 12.1 Å². The van der Waals surface area contributed by atoms with Crippen LogP contribution in [0.5, 0.6) is 0 Å². The number of nitrogens with zero attached hydrogens (tertiary/aromatic N) is 3. The van der Waals surface area contributed by atoms with E-state index < -0.39 is 9.84 Å². The van der Waals surface area contributed by atoms with E-state index in [1.807, 2.05) is 0 Å². The molecular weight excluding hydrogens is 242 g/mol. The molecule has 0 saturated heterocycles. The molecule has 1 aromatic heterocycles. The standard InChI is InChI=1S/C9H11N5O2S/c1-17(15,16)7-4-2-6(3-5-7)14-9(11)12-8(10)13-14/h2-5H,1H3,(H4,10,11,12,13). The highest BCUT2D eigenvalue weighted by Gasteiger charge is 2.09. The SMILES string of the molecule is CS(=O)(=O)c1ccc(-n2nc(N)nc2N)cc1. The normalized spacial score (nSPS) is 11.6. The lowest BCUT2D eigenvalue weighted by atomic mass is 10.3. The van der Waals surface area contributed by atoms with E-state index in [0.29, 0.717) is 5.69 Å². The third-order valence-corrected chi connectivity index (χ3v) is 3.29. The molecule has 0 unspecified atom stereocenters. The Morgan fingerprint density at radius 1 is 1.18 bits per heavy atom. The molecule has 8 heteroatoms. The summed E-state index contributed by atoms with van der Waals surface area (Å²) in [5.74, 6) is 0.212. The third-order valence-electron chi connectivity index (χ3n) is 2.16. The zero-order valence-corrected chi connectivity index (χ0v) is 9.85. The molecule has 7 nitrogen and oxygen atoms in total. The first-order valence-electron chi connectivity index (χ1n) is 4.66. The molecule has 1 aromatic carbocycles. The number of aromatic nitrogens is 3. The monoisotopic (exact) mass is 253 g/mol. The smallest absolute Gasteiger partial charge is 0.241 e. The van der Waals surface area contributed by atoms with Crippen LogP contribution in [0.4, 0.5) is 11.9 Å². The summed E-state index contributed by atoms with van der Waals surface area (Å²) in [6.07, 6.45) is 1.14. The van der Waals surface area contributed by atoms with Gasteiger partial charge in [0, 0.05) is 6.26 Å². The van der Waals surface area contributed by atoms with Crippen LogP contribution >= 0.6 is 0 Å². The Hall–Kier alpha value is -2.09. The molecule has 0 aliphatic rings. The topological polar surface area (TPSA) is 117 Å². The average molecular weight is 253 g/mol. The maximum absolute atomic E-state index is 11.3. The molecule has 2 rings (SSSR count). The fourth-order valence-corrected chi connectivity index (χ4v) is 2.00. The van der Waals surface area contributed by atoms with Crippen molar-refractivity contribution >= 4 is 21.7 Å². The molecule has 0 saturated carbocycles. The van der Waals surface area contributed by atoms with Crippen LogP contribution < -0.4 is 11.5 Å². The number of nitrogen functional groups attached to an aromatic ring is 2. The Morgan fingerprint density at radius 2 is 1.76 bits per heavy atom. The van der Waals surface area contributed by atoms with Gasteiger partial charge in [-0.2, -0.15) is 9.67 Å². The van der Waals surface area contributed by atoms with E-state index in [1.165, 1.54) is 16.8 Å². The number of anilines is 2. The van der Waals surface area contributed by atoms with E-state index >= 15 is 0 Å². The molecule has 0 spiro atoms. The predicted octanol–water partition coefficient (Wildman–Crippen LogP) is -0.165. The van der Waals surface area contributed by atoms with Gasteiger partial charge in [0.15, 0.2) is 9.84 Å². The second kappa shape index (κ2) is 3.74. The lowest BCUT2D eigenvalue weighted by Gasteiger charge is -2.03. The van der Waals surface area contributed by atoms with Crippen molar-refractivity contribution in [3.8, 4) is 5.69 Å². The van der Waals surface area contributed by atoms with Gasteiger partial charge in [-0.3, -0.25) is 0 Å². The zero-order valence-electron chi connectivity index (χ0n) is 9.03. The highest BCUT2D eigenvalue weighted by molar-refractivity contribution is 7.90. The summed E-state index contributed by atoms with van der Waals surface area (Å²) < 4.78 is 23.9. The minimum Gasteiger partial charge on any atom is -0.368 e. The molecule has 90 valence electrons. The second-order valence-corrected chi connectivity index (χ2v) is 5.52. The van der Waals surface area contributed by atoms with Crippen LogP contribution in [0.3, 0.4) is 0 Å². The number of hydrogen-bond donors (Lipinski definition) is 2. The van der Waals surface area contributed by atoms with Gasteiger partial charge in [-0.25, -0.2) is 8.42 Å². The molecule has 4 N–H and O–H groups in total. The Labute approximate surface area is 98.0 Å². The fraction of sp³-hybridized carbons (Fsp3) is 0.111. The minimum atomic E-state index is -3.21. The largest absolute Gasteiger partial charge is 0.368 e. The van der Waals surface area contributed by atoms with Gasteiger partial charge in [0.2, 0.25) is 11.9 Å². The first-order chi connectivity index (χ1) is 7.88. The molecule has 0 aliphatic carbocycles. The number of nitrogens with two attached hydrogens (primary N) is 2. The quantitative estimate of drug-likeness (QED) is 0.767. The van der Waals surface area contributed by atoms with Crippen LogP contribution in [-0.2, 0) is 9.84 Å². The van der Waals surface area contributed by atoms with Crippen molar-refractivity contribution in [1.29, 1.82) is 0 Å². The Kier molecular flexibility index (Phi) is 2.50. The van der Waals surface area contributed by atoms with E-state index in [-0.39, 0.29) is 16.8 Å². The first kappa shape index (κ1) is 11.4. The molecule has 0 fully saturated rings. The number of rotatable bonds is 2. The Morgan fingerprint density at radius 3 is 2.18 bits per heavy atom. The first-order valence-corrected chi connectivity index (χ1v) is 6.55. The predicted molar refractivity (Wildman–Crippen MR) is 63.3 cm³/mol. The van der Waals surface area contributed by atoms with Crippen molar-refractivity contribution in [2.75, 3.05) is 17.7 Å². The Bertz CT molecular complexity index is 645. The van der Waals surface area contributed by atoms with Gasteiger partial charge in [-0.05, 0) is 24.3 Å². The fourth-order valence-electron chi connectivity index (χ4n) is 1.37. The van der Waals surface area contributed by atoms with Gasteiger partial charge in [-0.15, -0.1) is 5.10 Å². The minimum absolute atomic E-state index is 0.0645. The molecule has 17 heavy (non-hydrogen) atoms. The molecule has 1 heterocycles. The molecule has 2 aromatic rings. The second-order valence-electron chi connectivity index (χ2n) is 3.51. The van der Waals surface area contributed by atoms with Crippen molar-refractivity contribution in [2.45, 2.75) is 4.90 Å². The van der Waals surface area contributed by atoms with Crippen molar-refractivity contribution < 1.29 is 8.42 Å². The molecule has 0 radical (unpaired) electrons. The lowest BCUT2D eigenvalue weighted by Crippen LogP contribution is -2.03. The summed E-state index contributed by atoms with van der Waals surface area (Å²) in [4.78, 5) is 3.98. The van der Waals surface area contributed by atoms with Gasteiger partial charge < -0.3 is 11.5 Å². The summed E-state index contributed by atoms with van der Waals surface area (Å²) in [6.45, 7) is 0. The van der Waals surface area contributed by atoms with Crippen molar-refractivity contribution in [3.05, 3.63) is 24.3 Å². The average Bonchev–Trinajstić information content (AvgIpc) is 2.57. The molecule has 0 aliphatic heterocycles. The van der Waals surface area contributed by atoms with Gasteiger partial charge in [0.25, 0.3) is 0 Å².